The van der Waals surface area contributed by atoms with Crippen molar-refractivity contribution in [1.82, 2.24) is 0 Å². The van der Waals surface area contributed by atoms with Crippen molar-refractivity contribution in [1.29, 1.82) is 0 Å². The molecule has 0 radical (unpaired) electrons. The number of nitrogens with two attached hydrogens (primary N) is 1. The zero-order valence-electron chi connectivity index (χ0n) is 6.88. The van der Waals surface area contributed by atoms with Crippen LogP contribution in [0.5, 0.6) is 0 Å². The van der Waals surface area contributed by atoms with E-state index in [9.17, 15) is 13.2 Å². The third-order valence-corrected chi connectivity index (χ3v) is 2.09. The highest BCUT2D eigenvalue weighted by molar-refractivity contribution is 9.10. The standard InChI is InChI=1S/C8H7BrF3N.ClH/c9-4-1-2-5(6(10)3-4)7(13)8(11)12;/h1-3,7-8H,13H2;1H/t7-;/m1./s1. The molecule has 1 nitrogen and oxygen atoms in total. The van der Waals surface area contributed by atoms with Gasteiger partial charge in [-0.15, -0.1) is 12.4 Å². The van der Waals surface area contributed by atoms with Gasteiger partial charge >= 0.3 is 0 Å². The summed E-state index contributed by atoms with van der Waals surface area (Å²) in [7, 11) is 0. The van der Waals surface area contributed by atoms with Crippen molar-refractivity contribution in [3.63, 3.8) is 0 Å². The molecule has 0 aliphatic rings. The molecule has 0 aromatic heterocycles. The average Bonchev–Trinajstić information content (AvgIpc) is 2.03. The van der Waals surface area contributed by atoms with Crippen LogP contribution in [0.4, 0.5) is 13.2 Å². The quantitative estimate of drug-likeness (QED) is 0.889. The van der Waals surface area contributed by atoms with E-state index >= 15 is 0 Å². The summed E-state index contributed by atoms with van der Waals surface area (Å²) >= 11 is 3.01. The molecule has 1 rings (SSSR count). The molecule has 0 aliphatic heterocycles. The first-order valence-corrected chi connectivity index (χ1v) is 4.30. The highest BCUT2D eigenvalue weighted by atomic mass is 79.9. The highest BCUT2D eigenvalue weighted by Crippen LogP contribution is 2.23. The Hall–Kier alpha value is -0.260. The lowest BCUT2D eigenvalue weighted by Gasteiger charge is -2.11. The van der Waals surface area contributed by atoms with Crippen LogP contribution in [0.3, 0.4) is 0 Å². The van der Waals surface area contributed by atoms with Crippen LogP contribution in [0.1, 0.15) is 11.6 Å². The van der Waals surface area contributed by atoms with Crippen LogP contribution in [0.2, 0.25) is 0 Å². The first-order valence-electron chi connectivity index (χ1n) is 3.51. The molecule has 1 aromatic carbocycles. The van der Waals surface area contributed by atoms with Gasteiger partial charge in [-0.05, 0) is 12.1 Å². The van der Waals surface area contributed by atoms with E-state index in [4.69, 9.17) is 5.73 Å². The van der Waals surface area contributed by atoms with Gasteiger partial charge < -0.3 is 5.73 Å². The summed E-state index contributed by atoms with van der Waals surface area (Å²) in [6, 6.07) is 2.27. The second-order valence-corrected chi connectivity index (χ2v) is 3.44. The molecule has 2 N–H and O–H groups in total. The lowest BCUT2D eigenvalue weighted by Crippen LogP contribution is -2.20. The van der Waals surface area contributed by atoms with Crippen LogP contribution in [0.15, 0.2) is 22.7 Å². The van der Waals surface area contributed by atoms with E-state index in [0.717, 1.165) is 6.07 Å². The largest absolute Gasteiger partial charge is 0.319 e. The van der Waals surface area contributed by atoms with Crippen molar-refractivity contribution in [2.24, 2.45) is 5.73 Å². The number of halogens is 5. The van der Waals surface area contributed by atoms with Crippen molar-refractivity contribution < 1.29 is 13.2 Å². The molecule has 80 valence electrons. The normalized spacial score (nSPS) is 12.4. The number of rotatable bonds is 2. The van der Waals surface area contributed by atoms with E-state index in [1.165, 1.54) is 12.1 Å². The Morgan fingerprint density at radius 1 is 1.29 bits per heavy atom. The zero-order chi connectivity index (χ0) is 10.0. The van der Waals surface area contributed by atoms with Crippen LogP contribution in [-0.2, 0) is 0 Å². The molecule has 0 saturated carbocycles. The Morgan fingerprint density at radius 2 is 1.86 bits per heavy atom. The van der Waals surface area contributed by atoms with Gasteiger partial charge in [-0.1, -0.05) is 22.0 Å². The number of hydrogen-bond donors (Lipinski definition) is 1. The number of benzene rings is 1. The van der Waals surface area contributed by atoms with Gasteiger partial charge in [0.05, 0.1) is 6.04 Å². The zero-order valence-corrected chi connectivity index (χ0v) is 9.29. The molecule has 14 heavy (non-hydrogen) atoms. The van der Waals surface area contributed by atoms with Crippen LogP contribution in [0, 0.1) is 5.82 Å². The fraction of sp³-hybridized carbons (Fsp3) is 0.250. The maximum absolute atomic E-state index is 13.0. The maximum atomic E-state index is 13.0. The molecule has 0 heterocycles. The van der Waals surface area contributed by atoms with Crippen LogP contribution in [-0.4, -0.2) is 6.43 Å². The summed E-state index contributed by atoms with van der Waals surface area (Å²) < 4.78 is 37.7. The molecule has 1 atom stereocenters. The topological polar surface area (TPSA) is 26.0 Å². The number of alkyl halides is 2. The molecule has 0 amide bonds. The van der Waals surface area contributed by atoms with Gasteiger partial charge in [0.2, 0.25) is 0 Å². The molecule has 0 saturated heterocycles. The SMILES string of the molecule is Cl.N[C@H](c1ccc(Br)cc1F)C(F)F. The first-order chi connectivity index (χ1) is 6.02. The first kappa shape index (κ1) is 13.7. The summed E-state index contributed by atoms with van der Waals surface area (Å²) in [6.07, 6.45) is -2.75. The third kappa shape index (κ3) is 3.15. The second kappa shape index (κ2) is 5.58. The molecule has 6 heteroatoms. The van der Waals surface area contributed by atoms with E-state index in [0.29, 0.717) is 4.47 Å². The van der Waals surface area contributed by atoms with Gasteiger partial charge in [-0.3, -0.25) is 0 Å². The minimum atomic E-state index is -2.75. The Kier molecular flexibility index (Phi) is 5.48. The monoisotopic (exact) mass is 289 g/mol. The van der Waals surface area contributed by atoms with E-state index in [-0.39, 0.29) is 18.0 Å². The summed E-state index contributed by atoms with van der Waals surface area (Å²) in [5, 5.41) is 0. The van der Waals surface area contributed by atoms with E-state index < -0.39 is 18.3 Å². The van der Waals surface area contributed by atoms with Gasteiger partial charge in [0.1, 0.15) is 5.82 Å². The molecule has 0 aliphatic carbocycles. The van der Waals surface area contributed by atoms with Crippen molar-refractivity contribution in [3.8, 4) is 0 Å². The van der Waals surface area contributed by atoms with Crippen molar-refractivity contribution in [2.45, 2.75) is 12.5 Å². The molecule has 0 fully saturated rings. The van der Waals surface area contributed by atoms with Crippen LogP contribution >= 0.6 is 28.3 Å². The lowest BCUT2D eigenvalue weighted by molar-refractivity contribution is 0.115. The van der Waals surface area contributed by atoms with Crippen molar-refractivity contribution >= 4 is 28.3 Å². The van der Waals surface area contributed by atoms with Crippen molar-refractivity contribution in [2.75, 3.05) is 0 Å². The number of hydrogen-bond acceptors (Lipinski definition) is 1. The Morgan fingerprint density at radius 3 is 2.29 bits per heavy atom. The van der Waals surface area contributed by atoms with E-state index in [2.05, 4.69) is 15.9 Å². The Bertz CT molecular complexity index is 309. The molecule has 0 bridgehead atoms. The summed E-state index contributed by atoms with van der Waals surface area (Å²) in [5.74, 6) is -0.720. The summed E-state index contributed by atoms with van der Waals surface area (Å²) in [5.41, 5.74) is 4.92. The Balaban J connectivity index is 0.00000169. The lowest BCUT2D eigenvalue weighted by atomic mass is 10.1. The van der Waals surface area contributed by atoms with Crippen molar-refractivity contribution in [3.05, 3.63) is 34.1 Å². The molecule has 1 aromatic rings. The fourth-order valence-electron chi connectivity index (χ4n) is 0.908. The molecule has 0 spiro atoms. The third-order valence-electron chi connectivity index (χ3n) is 1.59. The Labute approximate surface area is 94.0 Å². The van der Waals surface area contributed by atoms with Gasteiger partial charge in [0, 0.05) is 10.0 Å². The predicted molar refractivity (Wildman–Crippen MR) is 54.3 cm³/mol. The predicted octanol–water partition coefficient (Wildman–Crippen LogP) is 3.27. The van der Waals surface area contributed by atoms with Gasteiger partial charge in [-0.25, -0.2) is 13.2 Å². The minimum Gasteiger partial charge on any atom is -0.319 e. The highest BCUT2D eigenvalue weighted by Gasteiger charge is 2.20. The molecule has 0 unspecified atom stereocenters. The maximum Gasteiger partial charge on any atom is 0.257 e. The average molecular weight is 291 g/mol. The fourth-order valence-corrected chi connectivity index (χ4v) is 1.24. The van der Waals surface area contributed by atoms with Crippen LogP contribution < -0.4 is 5.73 Å². The summed E-state index contributed by atoms with van der Waals surface area (Å²) in [6.45, 7) is 0. The van der Waals surface area contributed by atoms with Crippen LogP contribution in [0.25, 0.3) is 0 Å². The van der Waals surface area contributed by atoms with Gasteiger partial charge in [0.15, 0.2) is 0 Å². The van der Waals surface area contributed by atoms with E-state index in [1.807, 2.05) is 0 Å². The van der Waals surface area contributed by atoms with Gasteiger partial charge in [-0.2, -0.15) is 0 Å². The summed E-state index contributed by atoms with van der Waals surface area (Å²) in [4.78, 5) is 0. The van der Waals surface area contributed by atoms with Gasteiger partial charge in [0.25, 0.3) is 6.43 Å². The minimum absolute atomic E-state index is 0. The molecular formula is C8H8BrClF3N. The second-order valence-electron chi connectivity index (χ2n) is 2.53. The van der Waals surface area contributed by atoms with E-state index in [1.54, 1.807) is 0 Å². The molecular weight excluding hydrogens is 282 g/mol. The smallest absolute Gasteiger partial charge is 0.257 e.